The van der Waals surface area contributed by atoms with E-state index >= 15 is 0 Å². The van der Waals surface area contributed by atoms with E-state index in [0.29, 0.717) is 34.4 Å². The molecule has 2 aliphatic heterocycles. The minimum atomic E-state index is -2.42. The topological polar surface area (TPSA) is 137 Å². The van der Waals surface area contributed by atoms with Crippen molar-refractivity contribution in [3.05, 3.63) is 60.2 Å². The fourth-order valence-electron chi connectivity index (χ4n) is 4.95. The molecule has 13 heteroatoms. The van der Waals surface area contributed by atoms with Crippen LogP contribution in [0.2, 0.25) is 0 Å². The number of rotatable bonds is 5. The van der Waals surface area contributed by atoms with Gasteiger partial charge in [0.05, 0.1) is 11.9 Å². The van der Waals surface area contributed by atoms with Gasteiger partial charge in [-0.2, -0.15) is 20.4 Å². The normalized spacial score (nSPS) is 20.8. The molecule has 0 spiro atoms. The summed E-state index contributed by atoms with van der Waals surface area (Å²) < 4.78 is 23.2. The van der Waals surface area contributed by atoms with Gasteiger partial charge in [-0.1, -0.05) is 6.07 Å². The number of carbonyl (C=O) groups is 1. The Balaban J connectivity index is 1.24. The van der Waals surface area contributed by atoms with E-state index in [1.54, 1.807) is 33.9 Å². The standard InChI is InChI=1S/C24H29N9O3S/c1-17-3-4-20(26-14-17)33-21(28-24(34)19-15-27-32-7-2-6-25-23(19)32)13-22(29-33)31-10-8-30(9-11-31)18-5-12-37(35,36)16-18/h2-4,6-7,13-15,18,35-36H,5,8-12,16H2,1H3,(H,28,34)/t18-/m0/s1. The molecule has 6 rings (SSSR count). The Hall–Kier alpha value is -3.52. The molecule has 1 amide bonds. The van der Waals surface area contributed by atoms with Crippen LogP contribution in [0.4, 0.5) is 11.6 Å². The van der Waals surface area contributed by atoms with E-state index in [9.17, 15) is 13.9 Å². The van der Waals surface area contributed by atoms with Crippen LogP contribution < -0.4 is 10.2 Å². The molecular formula is C24H29N9O3S. The van der Waals surface area contributed by atoms with Crippen molar-refractivity contribution in [2.45, 2.75) is 19.4 Å². The van der Waals surface area contributed by atoms with Crippen LogP contribution in [0.5, 0.6) is 0 Å². The summed E-state index contributed by atoms with van der Waals surface area (Å²) in [6.07, 6.45) is 7.46. The van der Waals surface area contributed by atoms with Crippen molar-refractivity contribution in [3.63, 3.8) is 0 Å². The van der Waals surface area contributed by atoms with E-state index in [-0.39, 0.29) is 11.9 Å². The predicted octanol–water partition coefficient (Wildman–Crippen LogP) is 2.52. The van der Waals surface area contributed by atoms with Crippen molar-refractivity contribution in [2.24, 2.45) is 0 Å². The SMILES string of the molecule is Cc1ccc(-n2nc(N3CCN([C@H]4CCS(O)(O)C4)CC3)cc2NC(=O)c2cnn3cccnc23)nc1. The Morgan fingerprint density at radius 3 is 2.68 bits per heavy atom. The molecule has 6 heterocycles. The molecule has 0 saturated carbocycles. The maximum atomic E-state index is 13.2. The van der Waals surface area contributed by atoms with Gasteiger partial charge in [-0.25, -0.2) is 14.5 Å². The molecule has 0 bridgehead atoms. The summed E-state index contributed by atoms with van der Waals surface area (Å²) >= 11 is 0. The number of amides is 1. The Morgan fingerprint density at radius 1 is 1.11 bits per heavy atom. The molecule has 2 aliphatic rings. The summed E-state index contributed by atoms with van der Waals surface area (Å²) in [5.41, 5.74) is 1.86. The second-order valence-electron chi connectivity index (χ2n) is 9.53. The van der Waals surface area contributed by atoms with Crippen molar-refractivity contribution in [1.82, 2.24) is 34.3 Å². The van der Waals surface area contributed by atoms with Crippen LogP contribution in [0.25, 0.3) is 11.5 Å². The molecule has 0 unspecified atom stereocenters. The van der Waals surface area contributed by atoms with Gasteiger partial charge < -0.3 is 10.2 Å². The number of hydrogen-bond donors (Lipinski definition) is 3. The van der Waals surface area contributed by atoms with E-state index in [1.807, 2.05) is 25.1 Å². The first-order valence-electron chi connectivity index (χ1n) is 12.2. The maximum Gasteiger partial charge on any atom is 0.262 e. The van der Waals surface area contributed by atoms with Crippen LogP contribution in [0.3, 0.4) is 0 Å². The van der Waals surface area contributed by atoms with E-state index < -0.39 is 10.6 Å². The average Bonchev–Trinajstić information content (AvgIpc) is 3.61. The predicted molar refractivity (Wildman–Crippen MR) is 142 cm³/mol. The second kappa shape index (κ2) is 9.41. The molecule has 0 aromatic carbocycles. The van der Waals surface area contributed by atoms with Crippen molar-refractivity contribution >= 4 is 33.8 Å². The van der Waals surface area contributed by atoms with Crippen LogP contribution in [-0.4, -0.2) is 93.0 Å². The third kappa shape index (κ3) is 4.78. The molecule has 37 heavy (non-hydrogen) atoms. The fourth-order valence-corrected chi connectivity index (χ4v) is 6.76. The lowest BCUT2D eigenvalue weighted by atomic mass is 10.2. The van der Waals surface area contributed by atoms with Gasteiger partial charge >= 0.3 is 0 Å². The molecular weight excluding hydrogens is 494 g/mol. The summed E-state index contributed by atoms with van der Waals surface area (Å²) in [4.78, 5) is 26.6. The number of fused-ring (bicyclic) bond motifs is 1. The first-order chi connectivity index (χ1) is 17.9. The minimum Gasteiger partial charge on any atom is -0.353 e. The monoisotopic (exact) mass is 523 g/mol. The van der Waals surface area contributed by atoms with Gasteiger partial charge in [0.1, 0.15) is 11.4 Å². The number of pyridine rings is 1. The van der Waals surface area contributed by atoms with E-state index in [1.165, 1.54) is 6.20 Å². The number of aromatic nitrogens is 6. The zero-order valence-corrected chi connectivity index (χ0v) is 21.3. The Labute approximate surface area is 215 Å². The van der Waals surface area contributed by atoms with Gasteiger partial charge in [0.2, 0.25) is 0 Å². The smallest absolute Gasteiger partial charge is 0.262 e. The largest absolute Gasteiger partial charge is 0.353 e. The van der Waals surface area contributed by atoms with E-state index in [4.69, 9.17) is 5.10 Å². The second-order valence-corrected chi connectivity index (χ2v) is 11.9. The van der Waals surface area contributed by atoms with Crippen molar-refractivity contribution in [1.29, 1.82) is 0 Å². The molecule has 2 fully saturated rings. The first kappa shape index (κ1) is 23.9. The zero-order valence-electron chi connectivity index (χ0n) is 20.4. The van der Waals surface area contributed by atoms with Crippen LogP contribution in [0.15, 0.2) is 49.1 Å². The summed E-state index contributed by atoms with van der Waals surface area (Å²) in [5, 5.41) is 12.0. The summed E-state index contributed by atoms with van der Waals surface area (Å²) in [5.74, 6) is 2.47. The number of hydrogen-bond acceptors (Lipinski definition) is 9. The number of anilines is 2. The highest BCUT2D eigenvalue weighted by molar-refractivity contribution is 8.24. The molecule has 12 nitrogen and oxygen atoms in total. The highest BCUT2D eigenvalue weighted by Gasteiger charge is 2.34. The lowest BCUT2D eigenvalue weighted by molar-refractivity contribution is 0.102. The van der Waals surface area contributed by atoms with E-state index in [2.05, 4.69) is 30.2 Å². The van der Waals surface area contributed by atoms with Gasteiger partial charge in [0, 0.05) is 62.6 Å². The number of aryl methyl sites for hydroxylation is 1. The zero-order chi connectivity index (χ0) is 25.6. The highest BCUT2D eigenvalue weighted by Crippen LogP contribution is 2.47. The molecule has 4 aromatic heterocycles. The molecule has 1 atom stereocenters. The molecule has 194 valence electrons. The van der Waals surface area contributed by atoms with Gasteiger partial charge in [-0.3, -0.25) is 18.8 Å². The third-order valence-electron chi connectivity index (χ3n) is 6.97. The number of piperazine rings is 1. The maximum absolute atomic E-state index is 13.2. The fraction of sp³-hybridized carbons (Fsp3) is 0.375. The Morgan fingerprint density at radius 2 is 1.95 bits per heavy atom. The van der Waals surface area contributed by atoms with Crippen molar-refractivity contribution < 1.29 is 13.9 Å². The average molecular weight is 524 g/mol. The number of nitrogens with zero attached hydrogens (tertiary/aromatic N) is 8. The van der Waals surface area contributed by atoms with Crippen molar-refractivity contribution in [2.75, 3.05) is 47.9 Å². The van der Waals surface area contributed by atoms with Gasteiger partial charge in [-0.15, -0.1) is 5.10 Å². The van der Waals surface area contributed by atoms with Gasteiger partial charge in [0.25, 0.3) is 5.91 Å². The number of nitrogens with one attached hydrogen (secondary N) is 1. The van der Waals surface area contributed by atoms with Crippen LogP contribution >= 0.6 is 10.6 Å². The molecule has 0 radical (unpaired) electrons. The van der Waals surface area contributed by atoms with Crippen molar-refractivity contribution in [3.8, 4) is 5.82 Å². The quantitative estimate of drug-likeness (QED) is 0.360. The highest BCUT2D eigenvalue weighted by atomic mass is 32.3. The lowest BCUT2D eigenvalue weighted by Gasteiger charge is -2.38. The summed E-state index contributed by atoms with van der Waals surface area (Å²) in [7, 11) is -2.42. The van der Waals surface area contributed by atoms with Crippen LogP contribution in [-0.2, 0) is 0 Å². The molecule has 2 saturated heterocycles. The minimum absolute atomic E-state index is 0.218. The Kier molecular flexibility index (Phi) is 6.07. The summed E-state index contributed by atoms with van der Waals surface area (Å²) in [6, 6.07) is 7.66. The van der Waals surface area contributed by atoms with Crippen LogP contribution in [0, 0.1) is 6.92 Å². The van der Waals surface area contributed by atoms with Gasteiger partial charge in [0.15, 0.2) is 17.3 Å². The third-order valence-corrected chi connectivity index (χ3v) is 8.77. The molecule has 3 N–H and O–H groups in total. The first-order valence-corrected chi connectivity index (χ1v) is 14.1. The lowest BCUT2D eigenvalue weighted by Crippen LogP contribution is -2.50. The molecule has 0 aliphatic carbocycles. The van der Waals surface area contributed by atoms with Gasteiger partial charge in [-0.05, 0) is 31.0 Å². The molecule has 4 aromatic rings. The number of carbonyl (C=O) groups excluding carboxylic acids is 1. The summed E-state index contributed by atoms with van der Waals surface area (Å²) in [6.45, 7) is 5.09. The van der Waals surface area contributed by atoms with Crippen LogP contribution in [0.1, 0.15) is 22.3 Å². The van der Waals surface area contributed by atoms with E-state index in [0.717, 1.165) is 44.0 Å². The Bertz CT molecular complexity index is 1430.